The normalized spacial score (nSPS) is 11.8. The number of thiophene rings is 1. The Kier molecular flexibility index (Phi) is 5.34. The minimum Gasteiger partial charge on any atom is -0.225 e. The van der Waals surface area contributed by atoms with E-state index in [-0.39, 0.29) is 23.3 Å². The molecule has 0 aliphatic carbocycles. The van der Waals surface area contributed by atoms with E-state index in [1.807, 2.05) is 0 Å². The van der Waals surface area contributed by atoms with Gasteiger partial charge in [-0.3, -0.25) is 0 Å². The van der Waals surface area contributed by atoms with Gasteiger partial charge in [-0.05, 0) is 23.7 Å². The van der Waals surface area contributed by atoms with Gasteiger partial charge < -0.3 is 0 Å². The molecule has 0 radical (unpaired) electrons. The summed E-state index contributed by atoms with van der Waals surface area (Å²) >= 11 is 12.8. The Hall–Kier alpha value is -0.990. The molecule has 112 valence electrons. The fourth-order valence-electron chi connectivity index (χ4n) is 1.58. The molecule has 2 aromatic rings. The van der Waals surface area contributed by atoms with Crippen LogP contribution in [0.15, 0.2) is 42.1 Å². The molecular weight excluding hydrogens is 353 g/mol. The number of hydrogen-bond acceptors (Lipinski definition) is 5. The van der Waals surface area contributed by atoms with E-state index in [4.69, 9.17) is 23.2 Å². The second-order valence-electron chi connectivity index (χ2n) is 3.98. The van der Waals surface area contributed by atoms with E-state index in [9.17, 15) is 8.42 Å². The number of sulfonamides is 1. The van der Waals surface area contributed by atoms with Gasteiger partial charge in [0, 0.05) is 18.0 Å². The van der Waals surface area contributed by atoms with E-state index in [0.717, 1.165) is 4.88 Å². The Bertz CT molecular complexity index is 729. The molecule has 0 saturated heterocycles. The van der Waals surface area contributed by atoms with Crippen molar-refractivity contribution in [1.82, 2.24) is 14.3 Å². The van der Waals surface area contributed by atoms with Crippen molar-refractivity contribution >= 4 is 44.6 Å². The molecule has 0 aliphatic rings. The van der Waals surface area contributed by atoms with E-state index >= 15 is 0 Å². The van der Waals surface area contributed by atoms with Crippen LogP contribution in [0.4, 0.5) is 0 Å². The van der Waals surface area contributed by atoms with Crippen LogP contribution in [0.25, 0.3) is 0 Å². The highest BCUT2D eigenvalue weighted by atomic mass is 35.5. The maximum Gasteiger partial charge on any atom is 0.246 e. The molecule has 0 spiro atoms. The molecule has 0 unspecified atom stereocenters. The van der Waals surface area contributed by atoms with Crippen molar-refractivity contribution in [1.29, 1.82) is 0 Å². The minimum absolute atomic E-state index is 0.00532. The summed E-state index contributed by atoms with van der Waals surface area (Å²) in [5.74, 6) is 0. The smallest absolute Gasteiger partial charge is 0.225 e. The van der Waals surface area contributed by atoms with Gasteiger partial charge in [-0.25, -0.2) is 18.4 Å². The lowest BCUT2D eigenvalue weighted by molar-refractivity contribution is 0.441. The minimum atomic E-state index is -3.73. The van der Waals surface area contributed by atoms with E-state index in [1.54, 1.807) is 12.1 Å². The Labute approximate surface area is 136 Å². The van der Waals surface area contributed by atoms with Crippen molar-refractivity contribution in [3.63, 3.8) is 0 Å². The van der Waals surface area contributed by atoms with Crippen molar-refractivity contribution < 1.29 is 8.42 Å². The van der Waals surface area contributed by atoms with Crippen molar-refractivity contribution in [2.24, 2.45) is 0 Å². The summed E-state index contributed by atoms with van der Waals surface area (Å²) in [6, 6.07) is 3.52. The lowest BCUT2D eigenvalue weighted by Gasteiger charge is -2.19. The van der Waals surface area contributed by atoms with Crippen LogP contribution in [0.3, 0.4) is 0 Å². The Morgan fingerprint density at radius 1 is 1.29 bits per heavy atom. The zero-order valence-electron chi connectivity index (χ0n) is 10.7. The molecule has 2 heterocycles. The van der Waals surface area contributed by atoms with Crippen LogP contribution in [0.1, 0.15) is 4.88 Å². The molecule has 0 bridgehead atoms. The van der Waals surface area contributed by atoms with Gasteiger partial charge in [0.1, 0.15) is 4.90 Å². The molecule has 0 saturated carbocycles. The van der Waals surface area contributed by atoms with Crippen molar-refractivity contribution in [2.45, 2.75) is 11.4 Å². The van der Waals surface area contributed by atoms with Crippen LogP contribution in [0.5, 0.6) is 0 Å². The van der Waals surface area contributed by atoms with Crippen LogP contribution >= 0.6 is 34.5 Å². The first kappa shape index (κ1) is 16.4. The van der Waals surface area contributed by atoms with Crippen LogP contribution in [-0.4, -0.2) is 29.2 Å². The number of rotatable bonds is 6. The predicted molar refractivity (Wildman–Crippen MR) is 84.2 cm³/mol. The third kappa shape index (κ3) is 4.02. The average Bonchev–Trinajstić information content (AvgIpc) is 2.84. The SMILES string of the molecule is C=CCN(Cc1ccc(Cl)s1)S(=O)(=O)c1cnc(Cl)nc1. The summed E-state index contributed by atoms with van der Waals surface area (Å²) in [6.45, 7) is 3.96. The van der Waals surface area contributed by atoms with Gasteiger partial charge in [-0.1, -0.05) is 17.7 Å². The predicted octanol–water partition coefficient (Wildman–Crippen LogP) is 3.22. The van der Waals surface area contributed by atoms with Crippen LogP contribution in [-0.2, 0) is 16.6 Å². The highest BCUT2D eigenvalue weighted by Gasteiger charge is 2.25. The fraction of sp³-hybridized carbons (Fsp3) is 0.167. The maximum atomic E-state index is 12.6. The first-order valence-corrected chi connectivity index (χ1v) is 8.77. The van der Waals surface area contributed by atoms with Crippen LogP contribution in [0.2, 0.25) is 9.62 Å². The highest BCUT2D eigenvalue weighted by Crippen LogP contribution is 2.25. The number of aromatic nitrogens is 2. The Morgan fingerprint density at radius 2 is 1.95 bits per heavy atom. The van der Waals surface area contributed by atoms with Gasteiger partial charge in [-0.15, -0.1) is 17.9 Å². The molecule has 0 aromatic carbocycles. The quantitative estimate of drug-likeness (QED) is 0.583. The summed E-state index contributed by atoms with van der Waals surface area (Å²) < 4.78 is 27.0. The van der Waals surface area contributed by atoms with Gasteiger partial charge in [0.25, 0.3) is 0 Å². The van der Waals surface area contributed by atoms with Gasteiger partial charge in [0.05, 0.1) is 16.7 Å². The third-order valence-corrected chi connectivity index (χ3v) is 5.70. The summed E-state index contributed by atoms with van der Waals surface area (Å²) in [6.07, 6.45) is 3.88. The van der Waals surface area contributed by atoms with Crippen LogP contribution in [0, 0.1) is 0 Å². The highest BCUT2D eigenvalue weighted by molar-refractivity contribution is 7.89. The number of nitrogens with zero attached hydrogens (tertiary/aromatic N) is 3. The molecule has 0 amide bonds. The molecule has 5 nitrogen and oxygen atoms in total. The molecule has 0 fully saturated rings. The zero-order valence-corrected chi connectivity index (χ0v) is 13.9. The molecule has 0 atom stereocenters. The molecule has 2 rings (SSSR count). The van der Waals surface area contributed by atoms with Crippen molar-refractivity contribution in [3.05, 3.63) is 51.7 Å². The molecular formula is C12H11Cl2N3O2S2. The van der Waals surface area contributed by atoms with Gasteiger partial charge in [-0.2, -0.15) is 4.31 Å². The largest absolute Gasteiger partial charge is 0.246 e. The topological polar surface area (TPSA) is 63.2 Å². The van der Waals surface area contributed by atoms with E-state index in [2.05, 4.69) is 16.5 Å². The van der Waals surface area contributed by atoms with Gasteiger partial charge >= 0.3 is 0 Å². The van der Waals surface area contributed by atoms with Crippen LogP contribution < -0.4 is 0 Å². The standard InChI is InChI=1S/C12H11Cl2N3O2S2/c1-2-5-17(8-9-3-4-11(13)20-9)21(18,19)10-6-15-12(14)16-7-10/h2-4,6-7H,1,5,8H2. The molecule has 0 aliphatic heterocycles. The second-order valence-corrected chi connectivity index (χ2v) is 8.06. The lowest BCUT2D eigenvalue weighted by atomic mass is 10.4. The summed E-state index contributed by atoms with van der Waals surface area (Å²) in [5, 5.41) is -0.00532. The zero-order chi connectivity index (χ0) is 15.5. The second kappa shape index (κ2) is 6.85. The first-order chi connectivity index (χ1) is 9.93. The first-order valence-electron chi connectivity index (χ1n) is 5.76. The summed E-state index contributed by atoms with van der Waals surface area (Å²) in [7, 11) is -3.73. The molecule has 2 aromatic heterocycles. The molecule has 21 heavy (non-hydrogen) atoms. The number of hydrogen-bond donors (Lipinski definition) is 0. The summed E-state index contributed by atoms with van der Waals surface area (Å²) in [5.41, 5.74) is 0. The van der Waals surface area contributed by atoms with E-state index < -0.39 is 10.0 Å². The maximum absolute atomic E-state index is 12.6. The molecule has 9 heteroatoms. The fourth-order valence-corrected chi connectivity index (χ4v) is 4.15. The Balaban J connectivity index is 2.31. The lowest BCUT2D eigenvalue weighted by Crippen LogP contribution is -2.30. The third-order valence-electron chi connectivity index (χ3n) is 2.53. The monoisotopic (exact) mass is 363 g/mol. The van der Waals surface area contributed by atoms with Gasteiger partial charge in [0.15, 0.2) is 0 Å². The average molecular weight is 364 g/mol. The van der Waals surface area contributed by atoms with E-state index in [0.29, 0.717) is 4.34 Å². The van der Waals surface area contributed by atoms with E-state index in [1.165, 1.54) is 34.1 Å². The van der Waals surface area contributed by atoms with Crippen molar-refractivity contribution in [2.75, 3.05) is 6.54 Å². The molecule has 0 N–H and O–H groups in total. The van der Waals surface area contributed by atoms with Gasteiger partial charge in [0.2, 0.25) is 15.3 Å². The Morgan fingerprint density at radius 3 is 2.48 bits per heavy atom. The van der Waals surface area contributed by atoms with Crippen molar-refractivity contribution in [3.8, 4) is 0 Å². The number of halogens is 2. The summed E-state index contributed by atoms with van der Waals surface area (Å²) in [4.78, 5) is 8.22.